The van der Waals surface area contributed by atoms with E-state index in [0.717, 1.165) is 31.7 Å². The number of amides is 1. The fraction of sp³-hybridized carbons (Fsp3) is 0.409. The average Bonchev–Trinajstić information content (AvgIpc) is 3.34. The number of carbonyl (C=O) groups excluding carboxylic acids is 2. The van der Waals surface area contributed by atoms with Crippen LogP contribution < -0.4 is 14.5 Å². The van der Waals surface area contributed by atoms with E-state index in [1.807, 2.05) is 13.0 Å². The molecule has 3 rings (SSSR count). The number of nitrogens with zero attached hydrogens (tertiary/aromatic N) is 5. The van der Waals surface area contributed by atoms with E-state index in [9.17, 15) is 9.59 Å². The maximum Gasteiger partial charge on any atom is 0.359 e. The second-order valence-corrected chi connectivity index (χ2v) is 6.93. The third kappa shape index (κ3) is 5.92. The van der Waals surface area contributed by atoms with Crippen LogP contribution in [0.15, 0.2) is 36.4 Å². The molecule has 162 valence electrons. The second kappa shape index (κ2) is 10.9. The average molecular weight is 423 g/mol. The van der Waals surface area contributed by atoms with Gasteiger partial charge in [0.05, 0.1) is 19.1 Å². The summed E-state index contributed by atoms with van der Waals surface area (Å²) in [6.07, 6.45) is 2.38. The predicted octanol–water partition coefficient (Wildman–Crippen LogP) is 2.58. The molecule has 1 fully saturated rings. The Hall–Kier alpha value is -3.67. The Kier molecular flexibility index (Phi) is 7.76. The van der Waals surface area contributed by atoms with Crippen molar-refractivity contribution in [1.82, 2.24) is 10.2 Å². The van der Waals surface area contributed by atoms with Crippen molar-refractivity contribution in [2.45, 2.75) is 26.2 Å². The molecule has 0 unspecified atom stereocenters. The van der Waals surface area contributed by atoms with E-state index in [-0.39, 0.29) is 18.7 Å². The van der Waals surface area contributed by atoms with Gasteiger partial charge in [0.1, 0.15) is 5.75 Å². The van der Waals surface area contributed by atoms with Crippen LogP contribution in [0.25, 0.3) is 0 Å². The van der Waals surface area contributed by atoms with Crippen LogP contribution in [0.4, 0.5) is 11.5 Å². The summed E-state index contributed by atoms with van der Waals surface area (Å²) in [6.45, 7) is 4.00. The van der Waals surface area contributed by atoms with Gasteiger partial charge in [-0.1, -0.05) is 0 Å². The highest BCUT2D eigenvalue weighted by Gasteiger charge is 2.20. The first kappa shape index (κ1) is 22.0. The SMILES string of the molecule is CCOc1ccc(N(CCC#N)C(=O)COC(=O)c2ccc(N3CCCC3)nn2)cc1. The van der Waals surface area contributed by atoms with Gasteiger partial charge in [-0.3, -0.25) is 4.79 Å². The van der Waals surface area contributed by atoms with E-state index in [0.29, 0.717) is 18.0 Å². The van der Waals surface area contributed by atoms with Crippen LogP contribution in [0.5, 0.6) is 5.75 Å². The molecule has 0 N–H and O–H groups in total. The molecule has 2 heterocycles. The lowest BCUT2D eigenvalue weighted by Gasteiger charge is -2.22. The zero-order valence-electron chi connectivity index (χ0n) is 17.5. The second-order valence-electron chi connectivity index (χ2n) is 6.93. The summed E-state index contributed by atoms with van der Waals surface area (Å²) in [5, 5.41) is 16.9. The first-order chi connectivity index (χ1) is 15.1. The molecule has 31 heavy (non-hydrogen) atoms. The lowest BCUT2D eigenvalue weighted by Crippen LogP contribution is -2.35. The number of hydrogen-bond acceptors (Lipinski definition) is 8. The molecular formula is C22H25N5O4. The number of hydrogen-bond donors (Lipinski definition) is 0. The summed E-state index contributed by atoms with van der Waals surface area (Å²) in [4.78, 5) is 28.5. The van der Waals surface area contributed by atoms with Crippen molar-refractivity contribution in [2.24, 2.45) is 0 Å². The lowest BCUT2D eigenvalue weighted by molar-refractivity contribution is -0.121. The quantitative estimate of drug-likeness (QED) is 0.566. The summed E-state index contributed by atoms with van der Waals surface area (Å²) in [7, 11) is 0. The minimum absolute atomic E-state index is 0.0420. The van der Waals surface area contributed by atoms with Gasteiger partial charge in [-0.25, -0.2) is 4.79 Å². The van der Waals surface area contributed by atoms with Crippen LogP contribution in [-0.2, 0) is 9.53 Å². The maximum absolute atomic E-state index is 12.7. The predicted molar refractivity (Wildman–Crippen MR) is 114 cm³/mol. The number of rotatable bonds is 9. The van der Waals surface area contributed by atoms with E-state index < -0.39 is 18.5 Å². The Morgan fingerprint density at radius 2 is 1.87 bits per heavy atom. The smallest absolute Gasteiger partial charge is 0.359 e. The van der Waals surface area contributed by atoms with E-state index in [1.54, 1.807) is 36.4 Å². The molecule has 1 aliphatic heterocycles. The van der Waals surface area contributed by atoms with Crippen LogP contribution in [0.3, 0.4) is 0 Å². The van der Waals surface area contributed by atoms with Crippen molar-refractivity contribution in [2.75, 3.05) is 42.6 Å². The molecule has 0 atom stereocenters. The highest BCUT2D eigenvalue weighted by Crippen LogP contribution is 2.20. The largest absolute Gasteiger partial charge is 0.494 e. The molecule has 1 saturated heterocycles. The van der Waals surface area contributed by atoms with Gasteiger partial charge in [0, 0.05) is 25.3 Å². The third-order valence-corrected chi connectivity index (χ3v) is 4.82. The molecule has 0 spiro atoms. The number of ether oxygens (including phenoxy) is 2. The molecule has 1 aliphatic rings. The monoisotopic (exact) mass is 423 g/mol. The summed E-state index contributed by atoms with van der Waals surface area (Å²) < 4.78 is 10.6. The number of benzene rings is 1. The fourth-order valence-corrected chi connectivity index (χ4v) is 3.28. The molecule has 9 heteroatoms. The van der Waals surface area contributed by atoms with Crippen molar-refractivity contribution in [1.29, 1.82) is 5.26 Å². The Morgan fingerprint density at radius 1 is 1.13 bits per heavy atom. The summed E-state index contributed by atoms with van der Waals surface area (Å²) in [5.41, 5.74) is 0.634. The van der Waals surface area contributed by atoms with Crippen LogP contribution in [-0.4, -0.2) is 54.9 Å². The fourth-order valence-electron chi connectivity index (χ4n) is 3.28. The summed E-state index contributed by atoms with van der Waals surface area (Å²) >= 11 is 0. The molecule has 1 amide bonds. The van der Waals surface area contributed by atoms with Gasteiger partial charge >= 0.3 is 5.97 Å². The van der Waals surface area contributed by atoms with Crippen LogP contribution in [0.2, 0.25) is 0 Å². The molecule has 0 bridgehead atoms. The van der Waals surface area contributed by atoms with Crippen molar-refractivity contribution in [3.05, 3.63) is 42.1 Å². The van der Waals surface area contributed by atoms with Crippen LogP contribution >= 0.6 is 0 Å². The maximum atomic E-state index is 12.7. The Morgan fingerprint density at radius 3 is 2.48 bits per heavy atom. The van der Waals surface area contributed by atoms with Gasteiger partial charge in [-0.05, 0) is 56.2 Å². The van der Waals surface area contributed by atoms with E-state index in [2.05, 4.69) is 15.1 Å². The highest BCUT2D eigenvalue weighted by atomic mass is 16.5. The molecular weight excluding hydrogens is 398 g/mol. The van der Waals surface area contributed by atoms with E-state index in [1.165, 1.54) is 4.90 Å². The van der Waals surface area contributed by atoms with Crippen molar-refractivity contribution in [3.8, 4) is 11.8 Å². The van der Waals surface area contributed by atoms with E-state index in [4.69, 9.17) is 14.7 Å². The van der Waals surface area contributed by atoms with Gasteiger partial charge in [0.15, 0.2) is 18.1 Å². The standard InChI is InChI=1S/C22H25N5O4/c1-2-30-18-8-6-17(7-9-18)27(15-5-12-23)21(28)16-31-22(29)19-10-11-20(25-24-19)26-13-3-4-14-26/h6-11H,2-5,13-16H2,1H3. The molecule has 2 aromatic rings. The number of carbonyl (C=O) groups is 2. The van der Waals surface area contributed by atoms with Gasteiger partial charge in [-0.2, -0.15) is 5.26 Å². The van der Waals surface area contributed by atoms with Gasteiger partial charge < -0.3 is 19.3 Å². The zero-order valence-corrected chi connectivity index (χ0v) is 17.5. The molecule has 9 nitrogen and oxygen atoms in total. The van der Waals surface area contributed by atoms with Crippen LogP contribution in [0.1, 0.15) is 36.7 Å². The van der Waals surface area contributed by atoms with Gasteiger partial charge in [-0.15, -0.1) is 10.2 Å². The Labute approximate surface area is 181 Å². The Bertz CT molecular complexity index is 918. The zero-order chi connectivity index (χ0) is 22.1. The minimum atomic E-state index is -0.722. The minimum Gasteiger partial charge on any atom is -0.494 e. The number of esters is 1. The van der Waals surface area contributed by atoms with Gasteiger partial charge in [0.2, 0.25) is 0 Å². The number of anilines is 2. The third-order valence-electron chi connectivity index (χ3n) is 4.82. The summed E-state index contributed by atoms with van der Waals surface area (Å²) in [6, 6.07) is 12.2. The normalized spacial score (nSPS) is 12.8. The highest BCUT2D eigenvalue weighted by molar-refractivity contribution is 5.96. The molecule has 0 radical (unpaired) electrons. The van der Waals surface area contributed by atoms with Gasteiger partial charge in [0.25, 0.3) is 5.91 Å². The molecule has 1 aromatic heterocycles. The van der Waals surface area contributed by atoms with Crippen molar-refractivity contribution < 1.29 is 19.1 Å². The number of aromatic nitrogens is 2. The van der Waals surface area contributed by atoms with Crippen LogP contribution in [0, 0.1) is 11.3 Å². The molecule has 0 aliphatic carbocycles. The topological polar surface area (TPSA) is 109 Å². The molecule has 0 saturated carbocycles. The van der Waals surface area contributed by atoms with Crippen molar-refractivity contribution >= 4 is 23.4 Å². The van der Waals surface area contributed by atoms with E-state index >= 15 is 0 Å². The molecule has 1 aromatic carbocycles. The first-order valence-corrected chi connectivity index (χ1v) is 10.3. The first-order valence-electron chi connectivity index (χ1n) is 10.3. The lowest BCUT2D eigenvalue weighted by atomic mass is 10.2. The number of nitriles is 1. The Balaban J connectivity index is 1.60. The van der Waals surface area contributed by atoms with Crippen molar-refractivity contribution in [3.63, 3.8) is 0 Å². The summed E-state index contributed by atoms with van der Waals surface area (Å²) in [5.74, 6) is 0.250.